The van der Waals surface area contributed by atoms with E-state index in [0.717, 1.165) is 0 Å². The fourth-order valence-corrected chi connectivity index (χ4v) is 4.62. The fourth-order valence-electron chi connectivity index (χ4n) is 4.62. The molecule has 0 aliphatic carbocycles. The summed E-state index contributed by atoms with van der Waals surface area (Å²) < 4.78 is 1.54. The van der Waals surface area contributed by atoms with Crippen molar-refractivity contribution in [2.24, 2.45) is 0 Å². The minimum absolute atomic E-state index is 0.236. The van der Waals surface area contributed by atoms with Crippen molar-refractivity contribution >= 4 is 27.8 Å². The van der Waals surface area contributed by atoms with Crippen LogP contribution in [0.15, 0.2) is 46.2 Å². The van der Waals surface area contributed by atoms with Crippen LogP contribution in [0.1, 0.15) is 38.4 Å². The number of amides is 1. The zero-order chi connectivity index (χ0) is 25.6. The van der Waals surface area contributed by atoms with Crippen molar-refractivity contribution in [2.45, 2.75) is 38.3 Å². The number of nitrogens with zero attached hydrogens (tertiary/aromatic N) is 6. The SMILES string of the molecule is CC(C)(O)C(=O)N1CCC(n2c(=O)[nH]c(=O)c3cnc4ccc(-c5ccc(C#N)nc5)nc4c32)CC1. The van der Waals surface area contributed by atoms with Crippen molar-refractivity contribution in [1.82, 2.24) is 29.4 Å². The molecule has 0 spiro atoms. The summed E-state index contributed by atoms with van der Waals surface area (Å²) >= 11 is 0. The van der Waals surface area contributed by atoms with E-state index < -0.39 is 16.9 Å². The van der Waals surface area contributed by atoms with Crippen molar-refractivity contribution in [3.8, 4) is 17.3 Å². The molecule has 0 saturated carbocycles. The van der Waals surface area contributed by atoms with Gasteiger partial charge in [-0.05, 0) is 51.0 Å². The summed E-state index contributed by atoms with van der Waals surface area (Å²) in [5, 5.41) is 19.3. The van der Waals surface area contributed by atoms with Crippen LogP contribution >= 0.6 is 0 Å². The van der Waals surface area contributed by atoms with E-state index >= 15 is 0 Å². The molecule has 0 aromatic carbocycles. The standard InChI is InChI=1S/C25H23N7O4/c1-25(2,36)23(34)31-9-7-16(8-10-31)32-21-17(22(33)30-24(32)35)13-28-19-6-5-18(29-20(19)21)14-3-4-15(11-26)27-12-14/h3-6,12-13,16,36H,7-10H2,1-2H3,(H,30,33,35). The van der Waals surface area contributed by atoms with E-state index in [1.807, 2.05) is 6.07 Å². The first kappa shape index (κ1) is 23.3. The van der Waals surface area contributed by atoms with Gasteiger partial charge in [0, 0.05) is 37.1 Å². The number of aromatic nitrogens is 5. The third-order valence-corrected chi connectivity index (χ3v) is 6.42. The van der Waals surface area contributed by atoms with Gasteiger partial charge in [-0.1, -0.05) is 0 Å². The number of aromatic amines is 1. The lowest BCUT2D eigenvalue weighted by atomic mass is 10.0. The number of piperidine rings is 1. The second-order valence-electron chi connectivity index (χ2n) is 9.34. The van der Waals surface area contributed by atoms with Gasteiger partial charge in [-0.2, -0.15) is 5.26 Å². The average Bonchev–Trinajstić information content (AvgIpc) is 2.87. The van der Waals surface area contributed by atoms with Crippen molar-refractivity contribution in [3.63, 3.8) is 0 Å². The van der Waals surface area contributed by atoms with Crippen LogP contribution in [0.2, 0.25) is 0 Å². The molecule has 4 aromatic heterocycles. The number of nitrogens with one attached hydrogen (secondary N) is 1. The van der Waals surface area contributed by atoms with Crippen molar-refractivity contribution in [2.75, 3.05) is 13.1 Å². The molecule has 1 aliphatic rings. The second-order valence-corrected chi connectivity index (χ2v) is 9.34. The van der Waals surface area contributed by atoms with E-state index in [2.05, 4.69) is 15.0 Å². The fraction of sp³-hybridized carbons (Fsp3) is 0.320. The predicted octanol–water partition coefficient (Wildman–Crippen LogP) is 1.50. The van der Waals surface area contributed by atoms with Crippen LogP contribution in [-0.4, -0.2) is 59.1 Å². The number of fused-ring (bicyclic) bond motifs is 3. The number of H-pyrrole nitrogens is 1. The molecule has 1 aliphatic heterocycles. The number of nitriles is 1. The van der Waals surface area contributed by atoms with Crippen molar-refractivity contribution in [3.05, 3.63) is 63.2 Å². The molecule has 5 heterocycles. The van der Waals surface area contributed by atoms with Crippen LogP contribution in [0.4, 0.5) is 0 Å². The van der Waals surface area contributed by atoms with Crippen LogP contribution in [0.25, 0.3) is 33.2 Å². The smallest absolute Gasteiger partial charge is 0.329 e. The number of hydrogen-bond acceptors (Lipinski definition) is 8. The van der Waals surface area contributed by atoms with E-state index in [1.165, 1.54) is 20.0 Å². The lowest BCUT2D eigenvalue weighted by Crippen LogP contribution is -2.49. The highest BCUT2D eigenvalue weighted by atomic mass is 16.3. The monoisotopic (exact) mass is 485 g/mol. The number of carbonyl (C=O) groups excluding carboxylic acids is 1. The van der Waals surface area contributed by atoms with Gasteiger partial charge in [0.05, 0.1) is 22.1 Å². The third kappa shape index (κ3) is 4.01. The summed E-state index contributed by atoms with van der Waals surface area (Å²) in [5.74, 6) is -0.364. The molecule has 0 radical (unpaired) electrons. The number of carbonyl (C=O) groups is 1. The Kier molecular flexibility index (Phi) is 5.61. The summed E-state index contributed by atoms with van der Waals surface area (Å²) in [6.07, 6.45) is 3.91. The molecule has 11 nitrogen and oxygen atoms in total. The van der Waals surface area contributed by atoms with Gasteiger partial charge in [-0.15, -0.1) is 0 Å². The molecule has 1 amide bonds. The molecule has 182 valence electrons. The van der Waals surface area contributed by atoms with Gasteiger partial charge in [0.25, 0.3) is 11.5 Å². The molecule has 0 atom stereocenters. The maximum atomic E-state index is 13.1. The summed E-state index contributed by atoms with van der Waals surface area (Å²) in [6.45, 7) is 3.62. The van der Waals surface area contributed by atoms with Crippen molar-refractivity contribution in [1.29, 1.82) is 5.26 Å². The topological polar surface area (TPSA) is 158 Å². The zero-order valence-electron chi connectivity index (χ0n) is 19.7. The summed E-state index contributed by atoms with van der Waals surface area (Å²) in [7, 11) is 0. The maximum Gasteiger partial charge on any atom is 0.329 e. The minimum Gasteiger partial charge on any atom is -0.381 e. The Bertz CT molecular complexity index is 1650. The second kappa shape index (κ2) is 8.66. The van der Waals surface area contributed by atoms with Gasteiger partial charge in [0.1, 0.15) is 22.9 Å². The molecule has 1 saturated heterocycles. The Morgan fingerprint density at radius 2 is 1.89 bits per heavy atom. The molecule has 4 aromatic rings. The van der Waals surface area contributed by atoms with E-state index in [9.17, 15) is 19.5 Å². The number of hydrogen-bond donors (Lipinski definition) is 2. The Morgan fingerprint density at radius 3 is 2.53 bits per heavy atom. The largest absolute Gasteiger partial charge is 0.381 e. The Labute approximate surface area is 204 Å². The summed E-state index contributed by atoms with van der Waals surface area (Å²) in [4.78, 5) is 55.5. The van der Waals surface area contributed by atoms with Crippen LogP contribution < -0.4 is 11.2 Å². The highest BCUT2D eigenvalue weighted by molar-refractivity contribution is 6.01. The molecule has 1 fully saturated rings. The lowest BCUT2D eigenvalue weighted by molar-refractivity contribution is -0.149. The number of aliphatic hydroxyl groups is 1. The van der Waals surface area contributed by atoms with Crippen molar-refractivity contribution < 1.29 is 9.90 Å². The first-order valence-electron chi connectivity index (χ1n) is 11.5. The summed E-state index contributed by atoms with van der Waals surface area (Å²) in [6, 6.07) is 8.53. The van der Waals surface area contributed by atoms with Crippen LogP contribution in [0.3, 0.4) is 0 Å². The Morgan fingerprint density at radius 1 is 1.14 bits per heavy atom. The molecular formula is C25H23N7O4. The number of pyridine rings is 3. The first-order valence-corrected chi connectivity index (χ1v) is 11.5. The highest BCUT2D eigenvalue weighted by Gasteiger charge is 2.33. The van der Waals surface area contributed by atoms with Crippen LogP contribution in [0, 0.1) is 11.3 Å². The minimum atomic E-state index is -1.48. The van der Waals surface area contributed by atoms with Gasteiger partial charge in [0.2, 0.25) is 0 Å². The molecular weight excluding hydrogens is 462 g/mol. The third-order valence-electron chi connectivity index (χ3n) is 6.42. The maximum absolute atomic E-state index is 13.1. The normalized spacial score (nSPS) is 14.8. The molecule has 11 heteroatoms. The van der Waals surface area contributed by atoms with E-state index in [0.29, 0.717) is 53.7 Å². The van der Waals surface area contributed by atoms with Gasteiger partial charge in [-0.3, -0.25) is 24.1 Å². The Hall–Kier alpha value is -4.43. The summed E-state index contributed by atoms with van der Waals surface area (Å²) in [5.41, 5.74) is 0.210. The highest BCUT2D eigenvalue weighted by Crippen LogP contribution is 2.29. The van der Waals surface area contributed by atoms with E-state index in [4.69, 9.17) is 10.2 Å². The first-order chi connectivity index (χ1) is 17.2. The average molecular weight is 486 g/mol. The number of rotatable bonds is 3. The molecule has 0 bridgehead atoms. The van der Waals surface area contributed by atoms with Crippen LogP contribution in [0.5, 0.6) is 0 Å². The number of likely N-dealkylation sites (tertiary alicyclic amines) is 1. The molecule has 36 heavy (non-hydrogen) atoms. The van der Waals surface area contributed by atoms with Gasteiger partial charge >= 0.3 is 5.69 Å². The quantitative estimate of drug-likeness (QED) is 0.413. The van der Waals surface area contributed by atoms with Gasteiger partial charge < -0.3 is 10.0 Å². The van der Waals surface area contributed by atoms with E-state index in [-0.39, 0.29) is 23.0 Å². The molecule has 0 unspecified atom stereocenters. The van der Waals surface area contributed by atoms with Crippen LogP contribution in [-0.2, 0) is 4.79 Å². The Balaban J connectivity index is 1.64. The zero-order valence-corrected chi connectivity index (χ0v) is 19.7. The van der Waals surface area contributed by atoms with Gasteiger partial charge in [0.15, 0.2) is 0 Å². The predicted molar refractivity (Wildman–Crippen MR) is 131 cm³/mol. The van der Waals surface area contributed by atoms with E-state index in [1.54, 1.807) is 39.9 Å². The molecule has 5 rings (SSSR count). The molecule has 2 N–H and O–H groups in total. The van der Waals surface area contributed by atoms with Gasteiger partial charge in [-0.25, -0.2) is 14.8 Å². The lowest BCUT2D eigenvalue weighted by Gasteiger charge is -2.36.